The predicted molar refractivity (Wildman–Crippen MR) is 59.3 cm³/mol. The summed E-state index contributed by atoms with van der Waals surface area (Å²) in [5.41, 5.74) is 2.29. The Balaban J connectivity index is 0.000000980. The Hall–Kier alpha value is -0.938. The van der Waals surface area contributed by atoms with Crippen LogP contribution in [0.15, 0.2) is 54.6 Å². The average Bonchev–Trinajstić information content (AvgIpc) is 2.20. The molecule has 1 N–H and O–H groups in total. The molecule has 2 aromatic carbocycles. The first-order valence-corrected chi connectivity index (χ1v) is 4.21. The van der Waals surface area contributed by atoms with Crippen LogP contribution in [0.5, 0.6) is 5.75 Å². The fourth-order valence-electron chi connectivity index (χ4n) is 1.28. The number of aromatic hydroxyl groups is 1. The van der Waals surface area contributed by atoms with E-state index >= 15 is 0 Å². The first-order chi connectivity index (χ1) is 6.36. The molecule has 0 bridgehead atoms. The number of phenols is 1. The van der Waals surface area contributed by atoms with Crippen LogP contribution < -0.4 is 12.4 Å². The number of rotatable bonds is 1. The monoisotopic (exact) mass is 232 g/mol. The molecule has 0 spiro atoms. The molecular formula is C12H10AlClO+2. The van der Waals surface area contributed by atoms with Crippen LogP contribution in [-0.4, -0.2) is 22.5 Å². The molecule has 0 atom stereocenters. The summed E-state index contributed by atoms with van der Waals surface area (Å²) in [6, 6.07) is 17.3. The summed E-state index contributed by atoms with van der Waals surface area (Å²) in [4.78, 5) is 0. The zero-order valence-corrected chi connectivity index (χ0v) is 10.0. The molecule has 0 aromatic heterocycles. The quantitative estimate of drug-likeness (QED) is 0.669. The Morgan fingerprint density at radius 3 is 1.67 bits per heavy atom. The molecule has 0 unspecified atom stereocenters. The Bertz CT molecular complexity index is 386. The van der Waals surface area contributed by atoms with Crippen LogP contribution in [0.2, 0.25) is 0 Å². The summed E-state index contributed by atoms with van der Waals surface area (Å²) in [5, 5.41) is 9.10. The average molecular weight is 233 g/mol. The Morgan fingerprint density at radius 1 is 0.667 bits per heavy atom. The van der Waals surface area contributed by atoms with Gasteiger partial charge in [-0.15, -0.1) is 0 Å². The molecule has 0 radical (unpaired) electrons. The zero-order chi connectivity index (χ0) is 9.10. The minimum absolute atomic E-state index is 0. The second kappa shape index (κ2) is 6.53. The largest absolute Gasteiger partial charge is 3.00 e. The molecule has 2 aromatic rings. The van der Waals surface area contributed by atoms with Crippen LogP contribution in [0.25, 0.3) is 11.1 Å². The fourth-order valence-corrected chi connectivity index (χ4v) is 1.28. The Morgan fingerprint density at radius 2 is 1.13 bits per heavy atom. The van der Waals surface area contributed by atoms with Gasteiger partial charge in [-0.1, -0.05) is 42.5 Å². The minimum atomic E-state index is 0. The zero-order valence-electron chi connectivity index (χ0n) is 8.10. The summed E-state index contributed by atoms with van der Waals surface area (Å²) in [6.45, 7) is 0. The van der Waals surface area contributed by atoms with Gasteiger partial charge in [0, 0.05) is 0 Å². The van der Waals surface area contributed by atoms with Crippen molar-refractivity contribution in [2.24, 2.45) is 0 Å². The van der Waals surface area contributed by atoms with Crippen LogP contribution in [0, 0.1) is 0 Å². The first kappa shape index (κ1) is 14.1. The third-order valence-corrected chi connectivity index (χ3v) is 1.97. The van der Waals surface area contributed by atoms with E-state index in [0.717, 1.165) is 5.56 Å². The standard InChI is InChI=1S/C12H10O.Al.ClH/c13-12-8-6-11(7-9-12)10-4-2-1-3-5-10;;/h1-9,13H;;1H/q;+3;/p-1. The summed E-state index contributed by atoms with van der Waals surface area (Å²) in [6.07, 6.45) is 0. The molecule has 1 nitrogen and oxygen atoms in total. The van der Waals surface area contributed by atoms with E-state index < -0.39 is 0 Å². The SMILES string of the molecule is Oc1ccc(-c2ccccc2)cc1.[Al+3].[Cl-]. The molecule has 0 aliphatic heterocycles. The molecule has 0 saturated heterocycles. The van der Waals surface area contributed by atoms with Crippen molar-refractivity contribution in [1.29, 1.82) is 0 Å². The van der Waals surface area contributed by atoms with Gasteiger partial charge in [-0.3, -0.25) is 0 Å². The molecule has 0 aliphatic rings. The molecule has 0 saturated carbocycles. The van der Waals surface area contributed by atoms with E-state index in [0.29, 0.717) is 5.75 Å². The van der Waals surface area contributed by atoms with Crippen LogP contribution in [0.1, 0.15) is 0 Å². The fraction of sp³-hybridized carbons (Fsp3) is 0. The van der Waals surface area contributed by atoms with E-state index in [1.807, 2.05) is 42.5 Å². The van der Waals surface area contributed by atoms with Gasteiger partial charge in [0.05, 0.1) is 0 Å². The summed E-state index contributed by atoms with van der Waals surface area (Å²) in [5.74, 6) is 0.305. The van der Waals surface area contributed by atoms with E-state index in [4.69, 9.17) is 5.11 Å². The van der Waals surface area contributed by atoms with Crippen molar-refractivity contribution in [2.45, 2.75) is 0 Å². The number of hydrogen-bond acceptors (Lipinski definition) is 1. The molecule has 3 heteroatoms. The van der Waals surface area contributed by atoms with Crippen molar-refractivity contribution in [3.05, 3.63) is 54.6 Å². The molecule has 2 rings (SSSR count). The molecule has 0 fully saturated rings. The second-order valence-electron chi connectivity index (χ2n) is 2.91. The van der Waals surface area contributed by atoms with E-state index in [1.165, 1.54) is 5.56 Å². The van der Waals surface area contributed by atoms with Crippen molar-refractivity contribution in [3.8, 4) is 16.9 Å². The van der Waals surface area contributed by atoms with Crippen molar-refractivity contribution >= 4 is 17.4 Å². The normalized spacial score (nSPS) is 8.53. The van der Waals surface area contributed by atoms with E-state index in [1.54, 1.807) is 12.1 Å². The number of benzene rings is 2. The van der Waals surface area contributed by atoms with Gasteiger partial charge in [0.2, 0.25) is 0 Å². The second-order valence-corrected chi connectivity index (χ2v) is 2.91. The molecular weight excluding hydrogens is 223 g/mol. The van der Waals surface area contributed by atoms with E-state index in [-0.39, 0.29) is 29.8 Å². The van der Waals surface area contributed by atoms with Crippen LogP contribution in [-0.2, 0) is 0 Å². The number of hydrogen-bond donors (Lipinski definition) is 1. The van der Waals surface area contributed by atoms with E-state index in [9.17, 15) is 0 Å². The van der Waals surface area contributed by atoms with Gasteiger partial charge in [0.15, 0.2) is 0 Å². The van der Waals surface area contributed by atoms with Gasteiger partial charge in [0.1, 0.15) is 5.75 Å². The van der Waals surface area contributed by atoms with Crippen LogP contribution in [0.4, 0.5) is 0 Å². The van der Waals surface area contributed by atoms with Gasteiger partial charge >= 0.3 is 17.4 Å². The van der Waals surface area contributed by atoms with Crippen LogP contribution in [0.3, 0.4) is 0 Å². The summed E-state index contributed by atoms with van der Waals surface area (Å²) < 4.78 is 0. The smallest absolute Gasteiger partial charge is 1.00 e. The van der Waals surface area contributed by atoms with Gasteiger partial charge in [-0.2, -0.15) is 0 Å². The summed E-state index contributed by atoms with van der Waals surface area (Å²) in [7, 11) is 0. The maximum Gasteiger partial charge on any atom is 3.00 e. The molecule has 72 valence electrons. The number of halogens is 1. The van der Waals surface area contributed by atoms with Gasteiger partial charge in [-0.05, 0) is 23.3 Å². The Kier molecular flexibility index (Phi) is 6.12. The van der Waals surface area contributed by atoms with Crippen LogP contribution >= 0.6 is 0 Å². The maximum atomic E-state index is 9.10. The third-order valence-electron chi connectivity index (χ3n) is 1.97. The van der Waals surface area contributed by atoms with Gasteiger partial charge in [0.25, 0.3) is 0 Å². The van der Waals surface area contributed by atoms with Crippen molar-refractivity contribution < 1.29 is 17.5 Å². The molecule has 15 heavy (non-hydrogen) atoms. The maximum absolute atomic E-state index is 9.10. The van der Waals surface area contributed by atoms with Crippen molar-refractivity contribution in [2.75, 3.05) is 0 Å². The third kappa shape index (κ3) is 3.60. The summed E-state index contributed by atoms with van der Waals surface area (Å²) >= 11 is 0. The van der Waals surface area contributed by atoms with Gasteiger partial charge in [-0.25, -0.2) is 0 Å². The van der Waals surface area contributed by atoms with Crippen molar-refractivity contribution in [3.63, 3.8) is 0 Å². The van der Waals surface area contributed by atoms with E-state index in [2.05, 4.69) is 0 Å². The van der Waals surface area contributed by atoms with Crippen molar-refractivity contribution in [1.82, 2.24) is 0 Å². The number of phenolic OH excluding ortho intramolecular Hbond substituents is 1. The molecule has 0 amide bonds. The Labute approximate surface area is 106 Å². The predicted octanol–water partition coefficient (Wildman–Crippen LogP) is -0.318. The first-order valence-electron chi connectivity index (χ1n) is 4.21. The minimum Gasteiger partial charge on any atom is -1.00 e. The molecule has 0 heterocycles. The topological polar surface area (TPSA) is 20.2 Å². The van der Waals surface area contributed by atoms with Gasteiger partial charge < -0.3 is 17.5 Å². The molecule has 0 aliphatic carbocycles.